The predicted molar refractivity (Wildman–Crippen MR) is 380 cm³/mol. The highest BCUT2D eigenvalue weighted by Gasteiger charge is 2.30. The summed E-state index contributed by atoms with van der Waals surface area (Å²) in [5, 5.41) is 10.6. The van der Waals surface area contributed by atoms with Gasteiger partial charge in [-0.2, -0.15) is 0 Å². The standard InChI is InChI=1S/C75H122O17P2/c1-5-9-13-17-21-25-29-32-34-37-41-44-48-52-56-60-73(78)86-66-71(92-75(80)62-58-54-50-46-42-38-35-33-30-26-22-18-14-10-6-2)68-90-94(83,84)88-64-69(76)63-87-93(81,82)89-67-70(91-74(79)61-57-53-49-45-39-28-24-20-16-12-8-4)65-85-72(77)59-55-51-47-43-40-36-31-27-23-19-15-11-7-3/h9-10,13-14,20-22,24-27,31-35,41-42,44,46,52,54,56,58,69-71,76H,5-8,11-12,15-19,23,28-30,36-40,43,45,47-51,53,55,57,59-68H2,1-4H3,(H,81,82)(H,83,84)/b13-9-,14-10-,24-20-,25-21-,26-22-,31-27-,34-32-,35-33-,44-41-,46-42-,56-52-,58-54-. The molecule has 0 fully saturated rings. The molecule has 0 amide bonds. The van der Waals surface area contributed by atoms with E-state index in [2.05, 4.69) is 125 Å². The number of phosphoric ester groups is 2. The number of esters is 4. The zero-order valence-corrected chi connectivity index (χ0v) is 59.6. The van der Waals surface area contributed by atoms with E-state index in [4.69, 9.17) is 37.0 Å². The molecule has 0 bridgehead atoms. The molecule has 0 aromatic heterocycles. The lowest BCUT2D eigenvalue weighted by Crippen LogP contribution is -2.30. The van der Waals surface area contributed by atoms with Crippen molar-refractivity contribution in [3.63, 3.8) is 0 Å². The molecule has 0 aliphatic rings. The van der Waals surface area contributed by atoms with Crippen molar-refractivity contribution < 1.29 is 80.2 Å². The summed E-state index contributed by atoms with van der Waals surface area (Å²) < 4.78 is 67.9. The maximum atomic E-state index is 13.0. The summed E-state index contributed by atoms with van der Waals surface area (Å²) in [6.45, 7) is 4.29. The molecule has 5 unspecified atom stereocenters. The van der Waals surface area contributed by atoms with Gasteiger partial charge in [0.05, 0.1) is 39.3 Å². The number of unbranched alkanes of at least 4 members (excludes halogenated alkanes) is 16. The number of hydrogen-bond donors (Lipinski definition) is 3. The molecule has 0 saturated carbocycles. The molecule has 17 nitrogen and oxygen atoms in total. The van der Waals surface area contributed by atoms with Crippen LogP contribution in [0.2, 0.25) is 0 Å². The van der Waals surface area contributed by atoms with Gasteiger partial charge >= 0.3 is 39.5 Å². The Kier molecular flexibility index (Phi) is 63.0. The van der Waals surface area contributed by atoms with Gasteiger partial charge in [0.2, 0.25) is 0 Å². The first kappa shape index (κ1) is 88.9. The van der Waals surface area contributed by atoms with Gasteiger partial charge < -0.3 is 33.8 Å². The third kappa shape index (κ3) is 65.6. The van der Waals surface area contributed by atoms with Crippen LogP contribution in [0.25, 0.3) is 0 Å². The molecule has 5 atom stereocenters. The molecular weight excluding hydrogens is 1230 g/mol. The van der Waals surface area contributed by atoms with E-state index >= 15 is 0 Å². The third-order valence-corrected chi connectivity index (χ3v) is 15.7. The lowest BCUT2D eigenvalue weighted by Gasteiger charge is -2.21. The second-order valence-electron chi connectivity index (χ2n) is 22.7. The molecule has 3 N–H and O–H groups in total. The Hall–Kier alpha value is -5.06. The van der Waals surface area contributed by atoms with Crippen molar-refractivity contribution in [2.75, 3.05) is 39.6 Å². The van der Waals surface area contributed by atoms with E-state index in [1.165, 1.54) is 38.5 Å². The molecule has 0 aromatic carbocycles. The number of rotatable bonds is 64. The summed E-state index contributed by atoms with van der Waals surface area (Å²) in [5.74, 6) is -2.51. The van der Waals surface area contributed by atoms with E-state index in [1.807, 2.05) is 24.3 Å². The van der Waals surface area contributed by atoms with Crippen LogP contribution in [0.1, 0.15) is 246 Å². The van der Waals surface area contributed by atoms with Crippen LogP contribution in [0.4, 0.5) is 0 Å². The van der Waals surface area contributed by atoms with E-state index < -0.39 is 97.5 Å². The van der Waals surface area contributed by atoms with Crippen molar-refractivity contribution in [3.05, 3.63) is 146 Å². The van der Waals surface area contributed by atoms with Crippen LogP contribution >= 0.6 is 15.6 Å². The second-order valence-corrected chi connectivity index (χ2v) is 25.6. The van der Waals surface area contributed by atoms with Crippen molar-refractivity contribution in [1.82, 2.24) is 0 Å². The van der Waals surface area contributed by atoms with Crippen LogP contribution in [0.5, 0.6) is 0 Å². The van der Waals surface area contributed by atoms with E-state index in [0.29, 0.717) is 25.7 Å². The zero-order valence-electron chi connectivity index (χ0n) is 57.8. The Bertz CT molecular complexity index is 2360. The van der Waals surface area contributed by atoms with E-state index in [0.717, 1.165) is 128 Å². The van der Waals surface area contributed by atoms with Crippen LogP contribution in [0, 0.1) is 0 Å². The van der Waals surface area contributed by atoms with Crippen molar-refractivity contribution >= 4 is 39.5 Å². The number of aliphatic hydroxyl groups excluding tert-OH is 1. The summed E-state index contributed by atoms with van der Waals surface area (Å²) in [5.41, 5.74) is 0. The molecule has 534 valence electrons. The number of aliphatic hydroxyl groups is 1. The van der Waals surface area contributed by atoms with Gasteiger partial charge in [-0.1, -0.05) is 244 Å². The summed E-state index contributed by atoms with van der Waals surface area (Å²) in [6.07, 6.45) is 73.6. The maximum Gasteiger partial charge on any atom is 0.472 e. The Labute approximate surface area is 567 Å². The summed E-state index contributed by atoms with van der Waals surface area (Å²) >= 11 is 0. The first-order valence-corrected chi connectivity index (χ1v) is 38.1. The third-order valence-electron chi connectivity index (χ3n) is 13.8. The smallest absolute Gasteiger partial charge is 0.462 e. The Morgan fingerprint density at radius 1 is 0.319 bits per heavy atom. The Morgan fingerprint density at radius 3 is 1.01 bits per heavy atom. The maximum absolute atomic E-state index is 13.0. The van der Waals surface area contributed by atoms with Crippen LogP contribution in [-0.4, -0.2) is 96.7 Å². The van der Waals surface area contributed by atoms with Gasteiger partial charge in [-0.25, -0.2) is 9.13 Å². The van der Waals surface area contributed by atoms with Gasteiger partial charge in [-0.3, -0.25) is 37.3 Å². The summed E-state index contributed by atoms with van der Waals surface area (Å²) in [7, 11) is -10.0. The first-order valence-electron chi connectivity index (χ1n) is 35.1. The van der Waals surface area contributed by atoms with Gasteiger partial charge in [-0.05, 0) is 122 Å². The average Bonchev–Trinajstić information content (AvgIpc) is 1.36. The van der Waals surface area contributed by atoms with Crippen molar-refractivity contribution in [3.8, 4) is 0 Å². The summed E-state index contributed by atoms with van der Waals surface area (Å²) in [6, 6.07) is 0. The van der Waals surface area contributed by atoms with Gasteiger partial charge in [0, 0.05) is 12.8 Å². The van der Waals surface area contributed by atoms with Crippen LogP contribution < -0.4 is 0 Å². The Morgan fingerprint density at radius 2 is 0.617 bits per heavy atom. The largest absolute Gasteiger partial charge is 0.472 e. The quantitative estimate of drug-likeness (QED) is 0.0169. The molecular formula is C75H122O17P2. The molecule has 0 saturated heterocycles. The normalized spacial score (nSPS) is 14.9. The number of allylic oxidation sites excluding steroid dienone is 22. The number of hydrogen-bond acceptors (Lipinski definition) is 15. The molecule has 0 spiro atoms. The average molecular weight is 1360 g/mol. The number of carbonyl (C=O) groups excluding carboxylic acids is 4. The highest BCUT2D eigenvalue weighted by Crippen LogP contribution is 2.45. The fourth-order valence-corrected chi connectivity index (χ4v) is 10.1. The predicted octanol–water partition coefficient (Wildman–Crippen LogP) is 19.5. The van der Waals surface area contributed by atoms with Gasteiger partial charge in [0.15, 0.2) is 12.2 Å². The number of carbonyl (C=O) groups is 4. The fourth-order valence-electron chi connectivity index (χ4n) is 8.52. The zero-order chi connectivity index (χ0) is 69.0. The number of phosphoric acid groups is 2. The molecule has 0 rings (SSSR count). The molecule has 94 heavy (non-hydrogen) atoms. The van der Waals surface area contributed by atoms with Crippen LogP contribution in [-0.2, 0) is 65.4 Å². The van der Waals surface area contributed by atoms with Gasteiger partial charge in [-0.15, -0.1) is 0 Å². The monoisotopic (exact) mass is 1360 g/mol. The lowest BCUT2D eigenvalue weighted by atomic mass is 10.1. The molecule has 0 heterocycles. The van der Waals surface area contributed by atoms with Crippen LogP contribution in [0.3, 0.4) is 0 Å². The minimum absolute atomic E-state index is 0.0749. The van der Waals surface area contributed by atoms with E-state index in [1.54, 1.807) is 24.3 Å². The highest BCUT2D eigenvalue weighted by atomic mass is 31.2. The minimum atomic E-state index is -5.02. The second kappa shape index (κ2) is 66.5. The highest BCUT2D eigenvalue weighted by molar-refractivity contribution is 7.47. The Balaban J connectivity index is 5.50. The topological polar surface area (TPSA) is 237 Å². The molecule has 0 aromatic rings. The van der Waals surface area contributed by atoms with Crippen LogP contribution in [0.15, 0.2) is 146 Å². The van der Waals surface area contributed by atoms with E-state index in [9.17, 15) is 43.2 Å². The SMILES string of the molecule is CC/C=C\C/C=C\C/C=C\C/C=C\C/C=C\CC(=O)OCC(COP(=O)(O)OCC(O)COP(=O)(O)OCC(COC(=O)CCCCCCC/C=C\CCCCCC)OC(=O)CCCCCCC/C=C\CCCC)OC(=O)C/C=C\C/C=C\C/C=C\C/C=C\C/C=C\CC. The van der Waals surface area contributed by atoms with Crippen molar-refractivity contribution in [1.29, 1.82) is 0 Å². The minimum Gasteiger partial charge on any atom is -0.462 e. The molecule has 0 aliphatic heterocycles. The van der Waals surface area contributed by atoms with E-state index in [-0.39, 0.29) is 25.7 Å². The molecule has 0 aliphatic carbocycles. The molecule has 19 heteroatoms. The lowest BCUT2D eigenvalue weighted by molar-refractivity contribution is -0.161. The fraction of sp³-hybridized carbons (Fsp3) is 0.627. The van der Waals surface area contributed by atoms with Gasteiger partial charge in [0.1, 0.15) is 19.3 Å². The number of ether oxygens (including phenoxy) is 4. The van der Waals surface area contributed by atoms with Crippen molar-refractivity contribution in [2.24, 2.45) is 0 Å². The first-order chi connectivity index (χ1) is 45.7. The molecule has 0 radical (unpaired) electrons. The van der Waals surface area contributed by atoms with Crippen molar-refractivity contribution in [2.45, 2.75) is 264 Å². The summed E-state index contributed by atoms with van der Waals surface area (Å²) in [4.78, 5) is 72.4. The van der Waals surface area contributed by atoms with Gasteiger partial charge in [0.25, 0.3) is 0 Å².